The number of allylic oxidation sites excluding steroid dienone is 1. The summed E-state index contributed by atoms with van der Waals surface area (Å²) in [6.07, 6.45) is 7.47. The molecule has 2 aliphatic rings. The maximum atomic E-state index is 13.9. The van der Waals surface area contributed by atoms with Crippen LogP contribution in [-0.2, 0) is 9.59 Å². The van der Waals surface area contributed by atoms with E-state index in [1.54, 1.807) is 22.2 Å². The highest BCUT2D eigenvalue weighted by molar-refractivity contribution is 6.30. The lowest BCUT2D eigenvalue weighted by molar-refractivity contribution is -0.124. The molecule has 0 saturated heterocycles. The molecule has 6 heteroatoms. The molecule has 6 nitrogen and oxygen atoms in total. The third kappa shape index (κ3) is 4.20. The Labute approximate surface area is 201 Å². The average Bonchev–Trinajstić information content (AvgIpc) is 3.21. The van der Waals surface area contributed by atoms with Crippen molar-refractivity contribution in [3.8, 4) is 0 Å². The van der Waals surface area contributed by atoms with E-state index in [-0.39, 0.29) is 23.7 Å². The van der Waals surface area contributed by atoms with Gasteiger partial charge >= 0.3 is 0 Å². The minimum atomic E-state index is -0.157. The van der Waals surface area contributed by atoms with Gasteiger partial charge in [-0.3, -0.25) is 19.6 Å². The summed E-state index contributed by atoms with van der Waals surface area (Å²) in [6, 6.07) is 7.71. The quantitative estimate of drug-likeness (QED) is 0.592. The monoisotopic (exact) mass is 456 g/mol. The van der Waals surface area contributed by atoms with E-state index < -0.39 is 0 Å². The number of hydrogen-bond acceptors (Lipinski definition) is 4. The second-order valence-corrected chi connectivity index (χ2v) is 9.76. The van der Waals surface area contributed by atoms with Crippen molar-refractivity contribution in [2.24, 2.45) is 11.8 Å². The summed E-state index contributed by atoms with van der Waals surface area (Å²) < 4.78 is 0. The van der Waals surface area contributed by atoms with Crippen LogP contribution in [0.1, 0.15) is 57.1 Å². The van der Waals surface area contributed by atoms with Crippen LogP contribution in [0.2, 0.25) is 0 Å². The minimum absolute atomic E-state index is 0.157. The second kappa shape index (κ2) is 9.37. The Kier molecular flexibility index (Phi) is 6.51. The number of hydrogen-bond donors (Lipinski definition) is 0. The van der Waals surface area contributed by atoms with Crippen LogP contribution in [0.5, 0.6) is 0 Å². The fourth-order valence-electron chi connectivity index (χ4n) is 4.45. The molecule has 0 fully saturated rings. The third-order valence-electron chi connectivity index (χ3n) is 5.82. The van der Waals surface area contributed by atoms with Crippen molar-refractivity contribution in [3.05, 3.63) is 76.4 Å². The Hall–Kier alpha value is -3.54. The van der Waals surface area contributed by atoms with Crippen molar-refractivity contribution in [1.29, 1.82) is 0 Å². The first kappa shape index (κ1) is 23.6. The number of aryl methyl sites for hydroxylation is 1. The summed E-state index contributed by atoms with van der Waals surface area (Å²) in [5, 5.41) is 0. The lowest BCUT2D eigenvalue weighted by Gasteiger charge is -2.26. The SMILES string of the molecule is C/C=C/c1ccc(C2=C3C(=O)N(CC(C)C)C(c4ccc(C)cn4)=C3C(=O)N2CC(C)C)nc1. The second-order valence-electron chi connectivity index (χ2n) is 9.76. The van der Waals surface area contributed by atoms with Crippen molar-refractivity contribution in [3.63, 3.8) is 0 Å². The first-order valence-electron chi connectivity index (χ1n) is 11.9. The standard InChI is InChI=1S/C28H32N4O2/c1-7-8-20-10-12-22(30-14-20)26-24-23(27(33)32(26)16-18(4)5)25(21-11-9-19(6)13-29-21)31(28(24)34)15-17(2)3/h7-14,17-18H,15-16H2,1-6H3/b8-7+. The van der Waals surface area contributed by atoms with E-state index in [4.69, 9.17) is 0 Å². The van der Waals surface area contributed by atoms with Crippen LogP contribution in [0.3, 0.4) is 0 Å². The molecule has 2 aromatic rings. The summed E-state index contributed by atoms with van der Waals surface area (Å²) in [5.41, 5.74) is 5.34. The number of aromatic nitrogens is 2. The Morgan fingerprint density at radius 2 is 1.29 bits per heavy atom. The highest BCUT2D eigenvalue weighted by Gasteiger charge is 2.49. The molecule has 0 atom stereocenters. The van der Waals surface area contributed by atoms with Crippen molar-refractivity contribution in [2.45, 2.75) is 41.5 Å². The Morgan fingerprint density at radius 1 is 0.794 bits per heavy atom. The fraction of sp³-hybridized carbons (Fsp3) is 0.357. The maximum absolute atomic E-state index is 13.9. The van der Waals surface area contributed by atoms with Gasteiger partial charge in [0.1, 0.15) is 0 Å². The summed E-state index contributed by atoms with van der Waals surface area (Å²) in [6.45, 7) is 13.2. The van der Waals surface area contributed by atoms with Gasteiger partial charge in [-0.1, -0.05) is 52.0 Å². The number of fused-ring (bicyclic) bond motifs is 1. The molecular weight excluding hydrogens is 424 g/mol. The minimum Gasteiger partial charge on any atom is -0.305 e. The van der Waals surface area contributed by atoms with Gasteiger partial charge in [0.15, 0.2) is 0 Å². The van der Waals surface area contributed by atoms with E-state index >= 15 is 0 Å². The first-order valence-corrected chi connectivity index (χ1v) is 11.9. The summed E-state index contributed by atoms with van der Waals surface area (Å²) in [4.78, 5) is 40.5. The molecule has 4 rings (SSSR count). The molecule has 0 aromatic carbocycles. The average molecular weight is 457 g/mol. The van der Waals surface area contributed by atoms with Crippen LogP contribution < -0.4 is 0 Å². The van der Waals surface area contributed by atoms with Crippen LogP contribution in [0, 0.1) is 18.8 Å². The highest BCUT2D eigenvalue weighted by Crippen LogP contribution is 2.46. The molecule has 2 aromatic heterocycles. The molecular formula is C28H32N4O2. The molecule has 0 saturated carbocycles. The summed E-state index contributed by atoms with van der Waals surface area (Å²) >= 11 is 0. The normalized spacial score (nSPS) is 16.4. The van der Waals surface area contributed by atoms with Gasteiger partial charge in [0.2, 0.25) is 0 Å². The smallest absolute Gasteiger partial charge is 0.261 e. The van der Waals surface area contributed by atoms with Crippen molar-refractivity contribution < 1.29 is 9.59 Å². The molecule has 0 radical (unpaired) electrons. The number of pyridine rings is 2. The number of amides is 2. The van der Waals surface area contributed by atoms with Gasteiger partial charge in [0.25, 0.3) is 11.8 Å². The molecule has 0 unspecified atom stereocenters. The molecule has 0 spiro atoms. The van der Waals surface area contributed by atoms with E-state index in [0.717, 1.165) is 11.1 Å². The lowest BCUT2D eigenvalue weighted by atomic mass is 10.1. The van der Waals surface area contributed by atoms with Crippen molar-refractivity contribution in [1.82, 2.24) is 19.8 Å². The summed E-state index contributed by atoms with van der Waals surface area (Å²) in [7, 11) is 0. The van der Waals surface area contributed by atoms with Gasteiger partial charge in [-0.15, -0.1) is 0 Å². The molecule has 34 heavy (non-hydrogen) atoms. The topological polar surface area (TPSA) is 66.4 Å². The van der Waals surface area contributed by atoms with E-state index in [1.807, 2.05) is 50.3 Å². The molecule has 0 aliphatic carbocycles. The van der Waals surface area contributed by atoms with Gasteiger partial charge in [0.05, 0.1) is 33.9 Å². The van der Waals surface area contributed by atoms with Crippen LogP contribution in [-0.4, -0.2) is 44.7 Å². The van der Waals surface area contributed by atoms with E-state index in [0.29, 0.717) is 47.0 Å². The van der Waals surface area contributed by atoms with Gasteiger partial charge in [0, 0.05) is 25.5 Å². The molecule has 2 aliphatic heterocycles. The van der Waals surface area contributed by atoms with Crippen LogP contribution >= 0.6 is 0 Å². The van der Waals surface area contributed by atoms with E-state index in [2.05, 4.69) is 37.7 Å². The summed E-state index contributed by atoms with van der Waals surface area (Å²) in [5.74, 6) is 0.141. The molecule has 0 N–H and O–H groups in total. The number of carbonyl (C=O) groups is 2. The zero-order valence-corrected chi connectivity index (χ0v) is 20.8. The van der Waals surface area contributed by atoms with Gasteiger partial charge < -0.3 is 9.80 Å². The number of carbonyl (C=O) groups excluding carboxylic acids is 2. The Balaban J connectivity index is 1.97. The van der Waals surface area contributed by atoms with Crippen LogP contribution in [0.4, 0.5) is 0 Å². The first-order chi connectivity index (χ1) is 16.2. The van der Waals surface area contributed by atoms with Crippen LogP contribution in [0.15, 0.2) is 53.9 Å². The van der Waals surface area contributed by atoms with Gasteiger partial charge in [-0.2, -0.15) is 0 Å². The van der Waals surface area contributed by atoms with Crippen LogP contribution in [0.25, 0.3) is 17.5 Å². The molecule has 0 bridgehead atoms. The predicted molar refractivity (Wildman–Crippen MR) is 135 cm³/mol. The third-order valence-corrected chi connectivity index (χ3v) is 5.82. The zero-order valence-electron chi connectivity index (χ0n) is 20.8. The van der Waals surface area contributed by atoms with E-state index in [9.17, 15) is 9.59 Å². The molecule has 176 valence electrons. The fourth-order valence-corrected chi connectivity index (χ4v) is 4.45. The number of nitrogens with zero attached hydrogens (tertiary/aromatic N) is 4. The van der Waals surface area contributed by atoms with Crippen molar-refractivity contribution >= 4 is 29.3 Å². The van der Waals surface area contributed by atoms with E-state index in [1.165, 1.54) is 0 Å². The molecule has 4 heterocycles. The Bertz CT molecular complexity index is 1200. The van der Waals surface area contributed by atoms with Crippen molar-refractivity contribution in [2.75, 3.05) is 13.1 Å². The Morgan fingerprint density at radius 3 is 1.68 bits per heavy atom. The number of rotatable bonds is 7. The maximum Gasteiger partial charge on any atom is 0.261 e. The molecule has 2 amide bonds. The van der Waals surface area contributed by atoms with Gasteiger partial charge in [-0.05, 0) is 48.9 Å². The highest BCUT2D eigenvalue weighted by atomic mass is 16.2. The van der Waals surface area contributed by atoms with Gasteiger partial charge in [-0.25, -0.2) is 0 Å². The zero-order chi connectivity index (χ0) is 24.6. The predicted octanol–water partition coefficient (Wildman–Crippen LogP) is 4.94. The lowest BCUT2D eigenvalue weighted by Crippen LogP contribution is -2.33. The largest absolute Gasteiger partial charge is 0.305 e.